The second kappa shape index (κ2) is 7.30. The van der Waals surface area contributed by atoms with Crippen molar-refractivity contribution in [3.63, 3.8) is 0 Å². The number of hydrogen-bond donors (Lipinski definition) is 1. The Morgan fingerprint density at radius 3 is 2.96 bits per heavy atom. The summed E-state index contributed by atoms with van der Waals surface area (Å²) < 4.78 is 14.1. The number of anilines is 1. The van der Waals surface area contributed by atoms with E-state index < -0.39 is 0 Å². The predicted octanol–water partition coefficient (Wildman–Crippen LogP) is 4.60. The van der Waals surface area contributed by atoms with Gasteiger partial charge in [0.15, 0.2) is 0 Å². The Labute approximate surface area is 142 Å². The van der Waals surface area contributed by atoms with Crippen LogP contribution in [0.4, 0.5) is 10.2 Å². The Morgan fingerprint density at radius 1 is 1.25 bits per heavy atom. The van der Waals surface area contributed by atoms with Gasteiger partial charge in [-0.15, -0.1) is 0 Å². The van der Waals surface area contributed by atoms with E-state index in [0.29, 0.717) is 5.82 Å². The van der Waals surface area contributed by atoms with Gasteiger partial charge in [0.25, 0.3) is 0 Å². The first-order valence-corrected chi connectivity index (χ1v) is 8.25. The van der Waals surface area contributed by atoms with E-state index >= 15 is 0 Å². The van der Waals surface area contributed by atoms with Gasteiger partial charge in [0, 0.05) is 24.0 Å². The van der Waals surface area contributed by atoms with Gasteiger partial charge >= 0.3 is 0 Å². The van der Waals surface area contributed by atoms with Crippen LogP contribution in [0, 0.1) is 5.92 Å². The van der Waals surface area contributed by atoms with Gasteiger partial charge in [0.2, 0.25) is 0 Å². The van der Waals surface area contributed by atoms with E-state index in [4.69, 9.17) is 5.73 Å². The van der Waals surface area contributed by atoms with Crippen molar-refractivity contribution < 1.29 is 4.39 Å². The molecular formula is C20H22FN3. The molecule has 1 unspecified atom stereocenters. The van der Waals surface area contributed by atoms with Crippen LogP contribution >= 0.6 is 0 Å². The van der Waals surface area contributed by atoms with Crippen molar-refractivity contribution in [2.45, 2.75) is 19.8 Å². The number of halogens is 1. The van der Waals surface area contributed by atoms with E-state index in [1.54, 1.807) is 18.2 Å². The molecule has 0 saturated carbocycles. The van der Waals surface area contributed by atoms with Gasteiger partial charge in [-0.25, -0.2) is 9.37 Å². The minimum absolute atomic E-state index is 0.184. The van der Waals surface area contributed by atoms with Gasteiger partial charge in [0.05, 0.1) is 5.69 Å². The lowest BCUT2D eigenvalue weighted by Crippen LogP contribution is -2.17. The fourth-order valence-electron chi connectivity index (χ4n) is 2.83. The van der Waals surface area contributed by atoms with Gasteiger partial charge in [0.1, 0.15) is 11.6 Å². The summed E-state index contributed by atoms with van der Waals surface area (Å²) in [5.41, 5.74) is 8.43. The SMILES string of the molecule is CC1C=C(F)C=C(N2C=C(c3cccc(N)n3)C=CCC2)C=CC1. The van der Waals surface area contributed by atoms with Crippen LogP contribution in [0.15, 0.2) is 72.4 Å². The lowest BCUT2D eigenvalue weighted by Gasteiger charge is -2.22. The molecule has 0 aromatic carbocycles. The maximum atomic E-state index is 14.1. The minimum atomic E-state index is -0.184. The zero-order chi connectivity index (χ0) is 16.9. The fraction of sp³-hybridized carbons (Fsp3) is 0.250. The summed E-state index contributed by atoms with van der Waals surface area (Å²) in [7, 11) is 0. The molecule has 24 heavy (non-hydrogen) atoms. The molecule has 3 nitrogen and oxygen atoms in total. The van der Waals surface area contributed by atoms with E-state index in [0.717, 1.165) is 36.4 Å². The molecule has 1 aromatic rings. The van der Waals surface area contributed by atoms with E-state index in [9.17, 15) is 4.39 Å². The highest BCUT2D eigenvalue weighted by molar-refractivity contribution is 5.72. The summed E-state index contributed by atoms with van der Waals surface area (Å²) in [5, 5.41) is 0. The molecule has 0 bridgehead atoms. The third-order valence-corrected chi connectivity index (χ3v) is 4.05. The molecule has 1 aromatic heterocycles. The van der Waals surface area contributed by atoms with Crippen molar-refractivity contribution in [1.29, 1.82) is 0 Å². The second-order valence-electron chi connectivity index (χ2n) is 6.15. The number of allylic oxidation sites excluding steroid dienone is 7. The fourth-order valence-corrected chi connectivity index (χ4v) is 2.83. The quantitative estimate of drug-likeness (QED) is 0.865. The Balaban J connectivity index is 1.95. The third kappa shape index (κ3) is 4.02. The number of pyridine rings is 1. The molecule has 1 aliphatic carbocycles. The van der Waals surface area contributed by atoms with Crippen LogP contribution in [0.25, 0.3) is 5.57 Å². The Bertz CT molecular complexity index is 756. The molecule has 0 radical (unpaired) electrons. The number of nitrogen functional groups attached to an aromatic ring is 1. The molecule has 0 saturated heterocycles. The summed E-state index contributed by atoms with van der Waals surface area (Å²) >= 11 is 0. The van der Waals surface area contributed by atoms with Crippen molar-refractivity contribution in [3.05, 3.63) is 78.1 Å². The van der Waals surface area contributed by atoms with Crippen LogP contribution in [-0.2, 0) is 0 Å². The zero-order valence-electron chi connectivity index (χ0n) is 13.8. The van der Waals surface area contributed by atoms with Gasteiger partial charge in [-0.3, -0.25) is 0 Å². The van der Waals surface area contributed by atoms with E-state index in [1.165, 1.54) is 0 Å². The number of aromatic nitrogens is 1. The average molecular weight is 323 g/mol. The lowest BCUT2D eigenvalue weighted by atomic mass is 10.0. The zero-order valence-corrected chi connectivity index (χ0v) is 13.8. The summed E-state index contributed by atoms with van der Waals surface area (Å²) in [4.78, 5) is 6.45. The van der Waals surface area contributed by atoms with Gasteiger partial charge in [-0.1, -0.05) is 31.2 Å². The molecule has 124 valence electrons. The second-order valence-corrected chi connectivity index (χ2v) is 6.15. The summed E-state index contributed by atoms with van der Waals surface area (Å²) in [6, 6.07) is 5.59. The molecule has 2 aliphatic rings. The molecule has 2 heterocycles. The van der Waals surface area contributed by atoms with Crippen molar-refractivity contribution in [3.8, 4) is 0 Å². The monoisotopic (exact) mass is 323 g/mol. The van der Waals surface area contributed by atoms with Gasteiger partial charge in [-0.05, 0) is 49.1 Å². The standard InChI is InChI=1S/C20H22FN3/c1-15-6-4-8-18(13-17(21)12-15)24-11-3-2-7-16(14-24)19-9-5-10-20(22)23-19/h2,4-5,7-10,12-15H,3,6,11H2,1H3,(H2,22,23). The van der Waals surface area contributed by atoms with Crippen molar-refractivity contribution in [2.24, 2.45) is 5.92 Å². The Kier molecular flexibility index (Phi) is 4.94. The highest BCUT2D eigenvalue weighted by atomic mass is 19.1. The lowest BCUT2D eigenvalue weighted by molar-refractivity contribution is 0.485. The number of nitrogens with zero attached hydrogens (tertiary/aromatic N) is 2. The van der Waals surface area contributed by atoms with Crippen LogP contribution in [0.3, 0.4) is 0 Å². The maximum absolute atomic E-state index is 14.1. The highest BCUT2D eigenvalue weighted by Crippen LogP contribution is 2.24. The average Bonchev–Trinajstić information content (AvgIpc) is 2.78. The number of rotatable bonds is 2. The minimum Gasteiger partial charge on any atom is -0.384 e. The molecule has 4 heteroatoms. The van der Waals surface area contributed by atoms with Crippen molar-refractivity contribution in [1.82, 2.24) is 9.88 Å². The third-order valence-electron chi connectivity index (χ3n) is 4.05. The first-order chi connectivity index (χ1) is 11.6. The molecule has 1 aliphatic heterocycles. The first kappa shape index (κ1) is 16.2. The smallest absolute Gasteiger partial charge is 0.124 e. The molecule has 1 atom stereocenters. The largest absolute Gasteiger partial charge is 0.384 e. The van der Waals surface area contributed by atoms with Crippen LogP contribution in [-0.4, -0.2) is 16.4 Å². The summed E-state index contributed by atoms with van der Waals surface area (Å²) in [6.07, 6.45) is 15.3. The number of nitrogens with two attached hydrogens (primary N) is 1. The summed E-state index contributed by atoms with van der Waals surface area (Å²) in [5.74, 6) is 0.522. The topological polar surface area (TPSA) is 42.1 Å². The predicted molar refractivity (Wildman–Crippen MR) is 97.3 cm³/mol. The van der Waals surface area contributed by atoms with Crippen LogP contribution < -0.4 is 5.73 Å². The molecule has 2 N–H and O–H groups in total. The van der Waals surface area contributed by atoms with Crippen molar-refractivity contribution in [2.75, 3.05) is 12.3 Å². The van der Waals surface area contributed by atoms with Gasteiger partial charge in [-0.2, -0.15) is 0 Å². The van der Waals surface area contributed by atoms with Gasteiger partial charge < -0.3 is 10.6 Å². The maximum Gasteiger partial charge on any atom is 0.124 e. The number of hydrogen-bond acceptors (Lipinski definition) is 3. The van der Waals surface area contributed by atoms with E-state index in [2.05, 4.69) is 22.0 Å². The molecule has 0 amide bonds. The van der Waals surface area contributed by atoms with E-state index in [1.807, 2.05) is 37.4 Å². The first-order valence-electron chi connectivity index (χ1n) is 8.25. The molecule has 3 rings (SSSR count). The Morgan fingerprint density at radius 2 is 2.12 bits per heavy atom. The van der Waals surface area contributed by atoms with Crippen LogP contribution in [0.5, 0.6) is 0 Å². The highest BCUT2D eigenvalue weighted by Gasteiger charge is 2.12. The van der Waals surface area contributed by atoms with E-state index in [-0.39, 0.29) is 11.7 Å². The van der Waals surface area contributed by atoms with Crippen LogP contribution in [0.2, 0.25) is 0 Å². The molecular weight excluding hydrogens is 301 g/mol. The molecule has 0 spiro atoms. The van der Waals surface area contributed by atoms with Crippen molar-refractivity contribution >= 4 is 11.4 Å². The summed E-state index contributed by atoms with van der Waals surface area (Å²) in [6.45, 7) is 2.81. The van der Waals surface area contributed by atoms with Crippen LogP contribution in [0.1, 0.15) is 25.5 Å². The molecule has 0 fully saturated rings. The Hall–Kier alpha value is -2.62. The normalized spacial score (nSPS) is 21.3.